The lowest BCUT2D eigenvalue weighted by atomic mass is 9.70. The van der Waals surface area contributed by atoms with Crippen molar-refractivity contribution in [3.05, 3.63) is 101 Å². The molecule has 2 aliphatic heterocycles. The fourth-order valence-electron chi connectivity index (χ4n) is 5.92. The van der Waals surface area contributed by atoms with E-state index >= 15 is 0 Å². The maximum absolute atomic E-state index is 14.0. The molecule has 7 heteroatoms. The first-order valence-electron chi connectivity index (χ1n) is 13.5. The molecule has 0 bridgehead atoms. The van der Waals surface area contributed by atoms with Crippen molar-refractivity contribution in [2.75, 3.05) is 40.5 Å². The van der Waals surface area contributed by atoms with Crippen LogP contribution >= 0.6 is 0 Å². The lowest BCUT2D eigenvalue weighted by Gasteiger charge is -2.46. The smallest absolute Gasteiger partial charge is 0.161 e. The zero-order chi connectivity index (χ0) is 26.8. The predicted molar refractivity (Wildman–Crippen MR) is 154 cm³/mol. The Morgan fingerprint density at radius 1 is 0.925 bits per heavy atom. The van der Waals surface area contributed by atoms with E-state index in [0.717, 1.165) is 50.0 Å². The molecule has 216 valence electrons. The van der Waals surface area contributed by atoms with Crippen molar-refractivity contribution < 1.29 is 36.5 Å². The van der Waals surface area contributed by atoms with Crippen molar-refractivity contribution in [1.29, 1.82) is 0 Å². The van der Waals surface area contributed by atoms with Gasteiger partial charge in [0.05, 0.1) is 20.8 Å². The number of rotatable bonds is 8. The largest absolute Gasteiger partial charge is 1.00 e. The summed E-state index contributed by atoms with van der Waals surface area (Å²) in [7, 11) is 3.33. The van der Waals surface area contributed by atoms with Crippen LogP contribution in [-0.4, -0.2) is 50.8 Å². The van der Waals surface area contributed by atoms with Crippen LogP contribution in [-0.2, 0) is 15.8 Å². The van der Waals surface area contributed by atoms with E-state index in [9.17, 15) is 4.39 Å². The van der Waals surface area contributed by atoms with Gasteiger partial charge in [-0.3, -0.25) is 4.90 Å². The van der Waals surface area contributed by atoms with Gasteiger partial charge in [-0.05, 0) is 77.9 Å². The lowest BCUT2D eigenvalue weighted by molar-refractivity contribution is -0.0632. The quantitative estimate of drug-likeness (QED) is 0.419. The van der Waals surface area contributed by atoms with E-state index in [2.05, 4.69) is 67.3 Å². The highest BCUT2D eigenvalue weighted by Crippen LogP contribution is 2.50. The molecule has 1 atom stereocenters. The molecule has 0 saturated carbocycles. The Kier molecular flexibility index (Phi) is 10.4. The maximum Gasteiger partial charge on any atom is 0.161 e. The van der Waals surface area contributed by atoms with Gasteiger partial charge in [0.2, 0.25) is 0 Å². The van der Waals surface area contributed by atoms with Gasteiger partial charge in [0.15, 0.2) is 11.5 Å². The summed E-state index contributed by atoms with van der Waals surface area (Å²) in [5.74, 6) is 1.14. The second kappa shape index (κ2) is 13.2. The summed E-state index contributed by atoms with van der Waals surface area (Å²) in [5, 5.41) is 0. The van der Waals surface area contributed by atoms with Crippen LogP contribution in [0.3, 0.4) is 0 Å². The van der Waals surface area contributed by atoms with Crippen LogP contribution in [0.2, 0.25) is 0 Å². The first kappa shape index (κ1) is 31.6. The van der Waals surface area contributed by atoms with Crippen molar-refractivity contribution in [2.45, 2.75) is 44.1 Å². The van der Waals surface area contributed by atoms with Crippen LogP contribution in [0, 0.1) is 5.82 Å². The minimum Gasteiger partial charge on any atom is -1.00 e. The SMILES string of the molecule is COc1cc2c(cc1OC)C(CCCN1CC=C(c3ccccc3)CC1)(c1ccc(F)cc1)OCC2(C)C.O.[Cl-]. The number of ether oxygens (including phenoxy) is 3. The van der Waals surface area contributed by atoms with Crippen LogP contribution < -0.4 is 21.9 Å². The molecule has 0 amide bonds. The zero-order valence-electron chi connectivity index (χ0n) is 23.8. The van der Waals surface area contributed by atoms with Gasteiger partial charge in [0.25, 0.3) is 0 Å². The number of methoxy groups -OCH3 is 2. The summed E-state index contributed by atoms with van der Waals surface area (Å²) in [6.45, 7) is 7.90. The standard InChI is InChI=1S/C33H38FNO3.ClH.H2O/c1-32(2)23-38-33(26-11-13-27(34)14-12-26,29-22-31(37-4)30(36-3)21-28(29)32)17-8-18-35-19-15-25(16-20-35)24-9-6-5-7-10-24;;/h5-7,9-15,21-22H,8,16-20,23H2,1-4H3;1H;1H2/p-1. The van der Waals surface area contributed by atoms with E-state index < -0.39 is 5.60 Å². The van der Waals surface area contributed by atoms with E-state index in [1.54, 1.807) is 14.2 Å². The first-order valence-corrected chi connectivity index (χ1v) is 13.5. The van der Waals surface area contributed by atoms with Gasteiger partial charge in [-0.25, -0.2) is 4.39 Å². The molecule has 0 aliphatic carbocycles. The molecule has 5 rings (SSSR count). The Hall–Kier alpha value is -2.90. The van der Waals surface area contributed by atoms with Crippen molar-refractivity contribution >= 4 is 5.57 Å². The maximum atomic E-state index is 14.0. The molecule has 3 aromatic carbocycles. The van der Waals surface area contributed by atoms with E-state index in [1.807, 2.05) is 12.1 Å². The Morgan fingerprint density at radius 3 is 2.17 bits per heavy atom. The summed E-state index contributed by atoms with van der Waals surface area (Å²) in [4.78, 5) is 2.51. The molecule has 0 aromatic heterocycles. The van der Waals surface area contributed by atoms with Crippen molar-refractivity contribution in [3.8, 4) is 11.5 Å². The van der Waals surface area contributed by atoms with Gasteiger partial charge in [0, 0.05) is 18.5 Å². The normalized spacial score (nSPS) is 19.9. The van der Waals surface area contributed by atoms with E-state index in [4.69, 9.17) is 14.2 Å². The second-order valence-corrected chi connectivity index (χ2v) is 11.0. The van der Waals surface area contributed by atoms with Crippen LogP contribution in [0.5, 0.6) is 11.5 Å². The minimum absolute atomic E-state index is 0. The zero-order valence-corrected chi connectivity index (χ0v) is 24.6. The number of benzene rings is 3. The summed E-state index contributed by atoms with van der Waals surface area (Å²) in [6.07, 6.45) is 5.14. The third-order valence-corrected chi connectivity index (χ3v) is 8.12. The van der Waals surface area contributed by atoms with E-state index in [0.29, 0.717) is 18.1 Å². The van der Waals surface area contributed by atoms with Crippen LogP contribution in [0.1, 0.15) is 55.4 Å². The van der Waals surface area contributed by atoms with Gasteiger partial charge in [-0.1, -0.05) is 62.4 Å². The summed E-state index contributed by atoms with van der Waals surface area (Å²) in [5.41, 5.74) is 5.07. The molecule has 0 fully saturated rings. The fourth-order valence-corrected chi connectivity index (χ4v) is 5.92. The fraction of sp³-hybridized carbons (Fsp3) is 0.394. The third-order valence-electron chi connectivity index (χ3n) is 8.12. The van der Waals surface area contributed by atoms with E-state index in [1.165, 1.54) is 28.8 Å². The molecule has 2 N–H and O–H groups in total. The highest BCUT2D eigenvalue weighted by molar-refractivity contribution is 5.66. The highest BCUT2D eigenvalue weighted by atomic mass is 35.5. The first-order chi connectivity index (χ1) is 18.4. The van der Waals surface area contributed by atoms with Gasteiger partial charge < -0.3 is 32.1 Å². The Labute approximate surface area is 243 Å². The van der Waals surface area contributed by atoms with Crippen LogP contribution in [0.15, 0.2) is 72.8 Å². The third kappa shape index (κ3) is 6.21. The Morgan fingerprint density at radius 2 is 1.57 bits per heavy atom. The van der Waals surface area contributed by atoms with Crippen molar-refractivity contribution in [2.24, 2.45) is 0 Å². The average molecular weight is 569 g/mol. The second-order valence-electron chi connectivity index (χ2n) is 11.0. The monoisotopic (exact) mass is 568 g/mol. The number of hydrogen-bond donors (Lipinski definition) is 0. The summed E-state index contributed by atoms with van der Waals surface area (Å²) < 4.78 is 32.2. The molecule has 5 nitrogen and oxygen atoms in total. The molecular formula is C33H40ClFNO4-. The molecule has 2 heterocycles. The molecule has 0 radical (unpaired) electrons. The van der Waals surface area contributed by atoms with E-state index in [-0.39, 0.29) is 29.1 Å². The van der Waals surface area contributed by atoms with Crippen molar-refractivity contribution in [1.82, 2.24) is 4.90 Å². The van der Waals surface area contributed by atoms with Gasteiger partial charge in [-0.2, -0.15) is 0 Å². The molecule has 1 unspecified atom stereocenters. The molecule has 0 spiro atoms. The average Bonchev–Trinajstić information content (AvgIpc) is 2.95. The van der Waals surface area contributed by atoms with Crippen molar-refractivity contribution in [3.63, 3.8) is 0 Å². The molecule has 2 aliphatic rings. The minimum atomic E-state index is -0.696. The Balaban J connectivity index is 0.00000220. The molecule has 40 heavy (non-hydrogen) atoms. The lowest BCUT2D eigenvalue weighted by Crippen LogP contribution is -3.00. The molecule has 0 saturated heterocycles. The summed E-state index contributed by atoms with van der Waals surface area (Å²) in [6, 6.07) is 21.6. The summed E-state index contributed by atoms with van der Waals surface area (Å²) >= 11 is 0. The van der Waals surface area contributed by atoms with Gasteiger partial charge in [-0.15, -0.1) is 0 Å². The Bertz CT molecular complexity index is 1300. The number of halogens is 2. The number of nitrogens with zero attached hydrogens (tertiary/aromatic N) is 1. The number of hydrogen-bond acceptors (Lipinski definition) is 4. The molecule has 3 aromatic rings. The van der Waals surface area contributed by atoms with Crippen LogP contribution in [0.4, 0.5) is 4.39 Å². The highest BCUT2D eigenvalue weighted by Gasteiger charge is 2.46. The van der Waals surface area contributed by atoms with Gasteiger partial charge in [0.1, 0.15) is 11.4 Å². The van der Waals surface area contributed by atoms with Gasteiger partial charge >= 0.3 is 0 Å². The predicted octanol–water partition coefficient (Wildman–Crippen LogP) is 3.14. The van der Waals surface area contributed by atoms with Crippen LogP contribution in [0.25, 0.3) is 5.57 Å². The molecular weight excluding hydrogens is 529 g/mol. The topological polar surface area (TPSA) is 62.4 Å². The number of fused-ring (bicyclic) bond motifs is 1.